The van der Waals surface area contributed by atoms with E-state index in [1.807, 2.05) is 71.5 Å². The molecule has 0 amide bonds. The predicted octanol–water partition coefficient (Wildman–Crippen LogP) is 6.41. The number of ether oxygens (including phenoxy) is 3. The van der Waals surface area contributed by atoms with Gasteiger partial charge in [-0.2, -0.15) is 5.10 Å². The molecular formula is C36H41N3O4. The average Bonchev–Trinajstić information content (AvgIpc) is 3.46. The minimum Gasteiger partial charge on any atom is -0.490 e. The Balaban J connectivity index is 1.09. The quantitative estimate of drug-likeness (QED) is 0.124. The largest absolute Gasteiger partial charge is 0.490 e. The summed E-state index contributed by atoms with van der Waals surface area (Å²) in [5, 5.41) is 19.6. The third kappa shape index (κ3) is 9.08. The summed E-state index contributed by atoms with van der Waals surface area (Å²) in [5.41, 5.74) is 4.31. The molecule has 0 aliphatic rings. The molecule has 0 saturated carbocycles. The van der Waals surface area contributed by atoms with Crippen molar-refractivity contribution in [3.8, 4) is 17.2 Å². The van der Waals surface area contributed by atoms with Crippen molar-refractivity contribution in [2.45, 2.75) is 45.4 Å². The van der Waals surface area contributed by atoms with Crippen molar-refractivity contribution in [1.82, 2.24) is 15.1 Å². The van der Waals surface area contributed by atoms with E-state index in [9.17, 15) is 5.11 Å². The van der Waals surface area contributed by atoms with Gasteiger partial charge in [0.1, 0.15) is 25.1 Å². The van der Waals surface area contributed by atoms with Gasteiger partial charge in [0.05, 0.1) is 24.1 Å². The highest BCUT2D eigenvalue weighted by Crippen LogP contribution is 2.30. The molecule has 0 fully saturated rings. The zero-order valence-electron chi connectivity index (χ0n) is 24.8. The summed E-state index contributed by atoms with van der Waals surface area (Å²) in [5.74, 6) is 2.25. The highest BCUT2D eigenvalue weighted by atomic mass is 16.5. The number of nitrogens with zero attached hydrogens (tertiary/aromatic N) is 2. The standard InChI is InChI=1S/C36H41N3O4/c1-2-3-21-41-35-18-17-28(22-36(35)42-26-30-13-8-5-9-14-30)19-20-37-23-31(40)27-43-34-16-10-15-33-32(34)25-39(38-33)24-29-11-6-4-7-12-29/h4-18,22,25,31,37,40H,2-3,19-21,23-24,26-27H2,1H3. The van der Waals surface area contributed by atoms with E-state index in [0.717, 1.165) is 58.5 Å². The maximum absolute atomic E-state index is 10.6. The van der Waals surface area contributed by atoms with Crippen LogP contribution in [0.15, 0.2) is 103 Å². The van der Waals surface area contributed by atoms with Gasteiger partial charge < -0.3 is 24.6 Å². The molecule has 0 aliphatic carbocycles. The lowest BCUT2D eigenvalue weighted by Gasteiger charge is -2.15. The van der Waals surface area contributed by atoms with E-state index in [2.05, 4.69) is 53.7 Å². The maximum Gasteiger partial charge on any atom is 0.161 e. The van der Waals surface area contributed by atoms with Crippen molar-refractivity contribution in [2.75, 3.05) is 26.3 Å². The molecule has 0 bridgehead atoms. The van der Waals surface area contributed by atoms with Gasteiger partial charge in [0.15, 0.2) is 11.5 Å². The van der Waals surface area contributed by atoms with Gasteiger partial charge in [-0.25, -0.2) is 0 Å². The number of rotatable bonds is 17. The molecule has 1 unspecified atom stereocenters. The molecule has 7 heteroatoms. The molecule has 224 valence electrons. The van der Waals surface area contributed by atoms with Gasteiger partial charge in [0.25, 0.3) is 0 Å². The summed E-state index contributed by atoms with van der Waals surface area (Å²) in [6.45, 7) is 5.34. The van der Waals surface area contributed by atoms with Crippen LogP contribution < -0.4 is 19.5 Å². The Morgan fingerprint density at radius 2 is 1.58 bits per heavy atom. The molecule has 0 spiro atoms. The molecule has 1 atom stereocenters. The number of benzene rings is 4. The van der Waals surface area contributed by atoms with Gasteiger partial charge in [-0.3, -0.25) is 4.68 Å². The van der Waals surface area contributed by atoms with E-state index in [-0.39, 0.29) is 6.61 Å². The Kier molecular flexibility index (Phi) is 11.1. The van der Waals surface area contributed by atoms with E-state index in [1.54, 1.807) is 0 Å². The zero-order valence-corrected chi connectivity index (χ0v) is 24.8. The number of fused-ring (bicyclic) bond motifs is 1. The molecule has 2 N–H and O–H groups in total. The first kappa shape index (κ1) is 30.1. The Bertz CT molecular complexity index is 1540. The van der Waals surface area contributed by atoms with Crippen LogP contribution in [0.2, 0.25) is 0 Å². The van der Waals surface area contributed by atoms with Gasteiger partial charge >= 0.3 is 0 Å². The first-order valence-corrected chi connectivity index (χ1v) is 15.1. The highest BCUT2D eigenvalue weighted by Gasteiger charge is 2.11. The number of nitrogens with one attached hydrogen (secondary N) is 1. The van der Waals surface area contributed by atoms with Crippen molar-refractivity contribution in [3.05, 3.63) is 120 Å². The number of aliphatic hydroxyl groups excluding tert-OH is 1. The first-order chi connectivity index (χ1) is 21.2. The normalized spacial score (nSPS) is 11.9. The van der Waals surface area contributed by atoms with E-state index in [4.69, 9.17) is 14.2 Å². The van der Waals surface area contributed by atoms with Gasteiger partial charge in [-0.05, 0) is 60.3 Å². The smallest absolute Gasteiger partial charge is 0.161 e. The van der Waals surface area contributed by atoms with Crippen LogP contribution in [0.25, 0.3) is 10.9 Å². The molecule has 5 aromatic rings. The molecule has 0 aliphatic heterocycles. The van der Waals surface area contributed by atoms with Crippen molar-refractivity contribution in [1.29, 1.82) is 0 Å². The summed E-state index contributed by atoms with van der Waals surface area (Å²) in [7, 11) is 0. The Hall–Kier alpha value is -4.33. The second kappa shape index (κ2) is 15.8. The van der Waals surface area contributed by atoms with Crippen LogP contribution in [-0.2, 0) is 19.6 Å². The molecule has 7 nitrogen and oxygen atoms in total. The summed E-state index contributed by atoms with van der Waals surface area (Å²) < 4.78 is 20.1. The number of aromatic nitrogens is 2. The number of aliphatic hydroxyl groups is 1. The van der Waals surface area contributed by atoms with Crippen molar-refractivity contribution in [2.24, 2.45) is 0 Å². The van der Waals surface area contributed by atoms with E-state index >= 15 is 0 Å². The molecule has 0 saturated heterocycles. The van der Waals surface area contributed by atoms with Crippen molar-refractivity contribution in [3.63, 3.8) is 0 Å². The van der Waals surface area contributed by atoms with E-state index in [1.165, 1.54) is 5.56 Å². The van der Waals surface area contributed by atoms with Gasteiger partial charge in [-0.1, -0.05) is 86.1 Å². The van der Waals surface area contributed by atoms with Crippen molar-refractivity contribution >= 4 is 10.9 Å². The molecule has 4 aromatic carbocycles. The molecular weight excluding hydrogens is 538 g/mol. The van der Waals surface area contributed by atoms with Crippen LogP contribution in [-0.4, -0.2) is 47.3 Å². The summed E-state index contributed by atoms with van der Waals surface area (Å²) in [6.07, 6.45) is 4.23. The SMILES string of the molecule is CCCCOc1ccc(CCNCC(O)COc2cccc3nn(Cc4ccccc4)cc23)cc1OCc1ccccc1. The Morgan fingerprint density at radius 1 is 0.791 bits per heavy atom. The molecule has 0 radical (unpaired) electrons. The minimum absolute atomic E-state index is 0.192. The van der Waals surface area contributed by atoms with Gasteiger partial charge in [0.2, 0.25) is 0 Å². The topological polar surface area (TPSA) is 77.8 Å². The highest BCUT2D eigenvalue weighted by molar-refractivity contribution is 5.84. The fraction of sp³-hybridized carbons (Fsp3) is 0.306. The molecule has 5 rings (SSSR count). The number of unbranched alkanes of at least 4 members (excludes halogenated alkanes) is 1. The summed E-state index contributed by atoms with van der Waals surface area (Å²) in [6, 6.07) is 32.3. The predicted molar refractivity (Wildman–Crippen MR) is 171 cm³/mol. The second-order valence-electron chi connectivity index (χ2n) is 10.7. The van der Waals surface area contributed by atoms with E-state index < -0.39 is 6.10 Å². The zero-order chi connectivity index (χ0) is 29.7. The third-order valence-corrected chi connectivity index (χ3v) is 7.15. The number of hydrogen-bond acceptors (Lipinski definition) is 6. The molecule has 1 heterocycles. The first-order valence-electron chi connectivity index (χ1n) is 15.1. The molecule has 43 heavy (non-hydrogen) atoms. The monoisotopic (exact) mass is 579 g/mol. The van der Waals surface area contributed by atoms with Crippen LogP contribution in [0.3, 0.4) is 0 Å². The fourth-order valence-corrected chi connectivity index (χ4v) is 4.79. The fourth-order valence-electron chi connectivity index (χ4n) is 4.79. The minimum atomic E-state index is -0.645. The van der Waals surface area contributed by atoms with Crippen LogP contribution in [0, 0.1) is 0 Å². The van der Waals surface area contributed by atoms with Crippen LogP contribution >= 0.6 is 0 Å². The van der Waals surface area contributed by atoms with Crippen LogP contribution in [0.5, 0.6) is 17.2 Å². The average molecular weight is 580 g/mol. The van der Waals surface area contributed by atoms with E-state index in [0.29, 0.717) is 32.8 Å². The van der Waals surface area contributed by atoms with Crippen molar-refractivity contribution < 1.29 is 19.3 Å². The Labute approximate surface area is 254 Å². The van der Waals surface area contributed by atoms with Gasteiger partial charge in [-0.15, -0.1) is 0 Å². The van der Waals surface area contributed by atoms with Crippen LogP contribution in [0.4, 0.5) is 0 Å². The lowest BCUT2D eigenvalue weighted by Crippen LogP contribution is -2.32. The number of hydrogen-bond donors (Lipinski definition) is 2. The van der Waals surface area contributed by atoms with Gasteiger partial charge in [0, 0.05) is 12.7 Å². The summed E-state index contributed by atoms with van der Waals surface area (Å²) >= 11 is 0. The maximum atomic E-state index is 10.6. The molecule has 1 aromatic heterocycles. The second-order valence-corrected chi connectivity index (χ2v) is 10.7. The Morgan fingerprint density at radius 3 is 2.37 bits per heavy atom. The van der Waals surface area contributed by atoms with Crippen LogP contribution in [0.1, 0.15) is 36.5 Å². The third-order valence-electron chi connectivity index (χ3n) is 7.15. The lowest BCUT2D eigenvalue weighted by atomic mass is 10.1. The lowest BCUT2D eigenvalue weighted by molar-refractivity contribution is 0.107. The summed E-state index contributed by atoms with van der Waals surface area (Å²) in [4.78, 5) is 0.